The van der Waals surface area contributed by atoms with Crippen molar-refractivity contribution in [2.75, 3.05) is 20.2 Å². The van der Waals surface area contributed by atoms with Gasteiger partial charge in [0.25, 0.3) is 5.91 Å². The molecule has 4 nitrogen and oxygen atoms in total. The number of carbonyl (C=O) groups excluding carboxylic acids is 1. The summed E-state index contributed by atoms with van der Waals surface area (Å²) in [6.07, 6.45) is 1.12. The zero-order chi connectivity index (χ0) is 16.8. The van der Waals surface area contributed by atoms with Crippen LogP contribution < -0.4 is 0 Å². The minimum atomic E-state index is -1.32. The van der Waals surface area contributed by atoms with Crippen molar-refractivity contribution >= 4 is 5.91 Å². The van der Waals surface area contributed by atoms with E-state index in [1.165, 1.54) is 4.90 Å². The number of likely N-dealkylation sites (tertiary alicyclic amines) is 1. The fourth-order valence-corrected chi connectivity index (χ4v) is 3.70. The second-order valence-electron chi connectivity index (χ2n) is 6.25. The molecule has 2 aliphatic rings. The van der Waals surface area contributed by atoms with Crippen molar-refractivity contribution in [2.24, 2.45) is 5.41 Å². The molecule has 0 bridgehead atoms. The van der Waals surface area contributed by atoms with Crippen molar-refractivity contribution in [3.63, 3.8) is 0 Å². The largest absolute Gasteiger partial charge is 0.392 e. The first kappa shape index (κ1) is 16.3. The molecule has 2 atom stereocenters. The number of hydrogen-bond donors (Lipinski definition) is 1. The number of benzene rings is 1. The molecule has 23 heavy (non-hydrogen) atoms. The van der Waals surface area contributed by atoms with E-state index in [1.54, 1.807) is 7.11 Å². The first-order valence-electron chi connectivity index (χ1n) is 7.53. The number of aliphatic hydroxyl groups excluding tert-OH is 1. The molecule has 1 aromatic carbocycles. The number of carbonyl (C=O) groups is 1. The summed E-state index contributed by atoms with van der Waals surface area (Å²) in [5.74, 6) is -4.32. The number of ether oxygens (including phenoxy) is 1. The van der Waals surface area contributed by atoms with Gasteiger partial charge < -0.3 is 14.7 Å². The van der Waals surface area contributed by atoms with Gasteiger partial charge in [0.15, 0.2) is 11.6 Å². The Hall–Kier alpha value is -1.60. The molecule has 126 valence electrons. The minimum Gasteiger partial charge on any atom is -0.392 e. The van der Waals surface area contributed by atoms with E-state index >= 15 is 0 Å². The summed E-state index contributed by atoms with van der Waals surface area (Å²) in [5.41, 5.74) is -0.838. The minimum absolute atomic E-state index is 0.0465. The lowest BCUT2D eigenvalue weighted by Crippen LogP contribution is -2.62. The first-order valence-corrected chi connectivity index (χ1v) is 7.53. The van der Waals surface area contributed by atoms with Crippen LogP contribution in [-0.2, 0) is 4.74 Å². The van der Waals surface area contributed by atoms with Gasteiger partial charge >= 0.3 is 0 Å². The maximum absolute atomic E-state index is 13.7. The van der Waals surface area contributed by atoms with E-state index in [2.05, 4.69) is 0 Å². The van der Waals surface area contributed by atoms with Crippen LogP contribution in [0.2, 0.25) is 0 Å². The average molecular weight is 329 g/mol. The fourth-order valence-electron chi connectivity index (χ4n) is 3.70. The van der Waals surface area contributed by atoms with Crippen LogP contribution in [0.1, 0.15) is 29.6 Å². The number of methoxy groups -OCH3 is 1. The van der Waals surface area contributed by atoms with Gasteiger partial charge in [-0.15, -0.1) is 0 Å². The second-order valence-corrected chi connectivity index (χ2v) is 6.25. The Bertz CT molecular complexity index is 629. The third-order valence-corrected chi connectivity index (χ3v) is 5.25. The monoisotopic (exact) mass is 329 g/mol. The summed E-state index contributed by atoms with van der Waals surface area (Å²) in [4.78, 5) is 13.7. The Morgan fingerprint density at radius 2 is 1.83 bits per heavy atom. The van der Waals surface area contributed by atoms with Gasteiger partial charge in [-0.25, -0.2) is 13.2 Å². The number of nitrogens with zero attached hydrogens (tertiary/aromatic N) is 1. The molecule has 1 heterocycles. The average Bonchev–Trinajstić information content (AvgIpc) is 2.55. The topological polar surface area (TPSA) is 49.8 Å². The van der Waals surface area contributed by atoms with E-state index in [0.29, 0.717) is 44.5 Å². The van der Waals surface area contributed by atoms with Crippen molar-refractivity contribution in [1.82, 2.24) is 4.90 Å². The molecule has 2 fully saturated rings. The highest BCUT2D eigenvalue weighted by atomic mass is 19.2. The maximum Gasteiger partial charge on any atom is 0.256 e. The van der Waals surface area contributed by atoms with Crippen molar-refractivity contribution < 1.29 is 27.8 Å². The molecule has 1 aliphatic heterocycles. The number of piperidine rings is 1. The van der Waals surface area contributed by atoms with Crippen LogP contribution in [-0.4, -0.2) is 48.3 Å². The van der Waals surface area contributed by atoms with Crippen LogP contribution in [0.5, 0.6) is 0 Å². The molecule has 1 aliphatic carbocycles. The smallest absolute Gasteiger partial charge is 0.256 e. The van der Waals surface area contributed by atoms with Gasteiger partial charge in [0.1, 0.15) is 5.82 Å². The molecule has 1 saturated carbocycles. The lowest BCUT2D eigenvalue weighted by atomic mass is 9.58. The molecule has 1 spiro atoms. The SMILES string of the molecule is CO[C@@H]1C[C@H](O)C12CCN(C(=O)c1cc(F)c(F)cc1F)CC2. The predicted octanol–water partition coefficient (Wildman–Crippen LogP) is 2.11. The molecule has 1 amide bonds. The fraction of sp³-hybridized carbons (Fsp3) is 0.562. The number of hydrogen-bond acceptors (Lipinski definition) is 3. The molecule has 0 aromatic heterocycles. The van der Waals surface area contributed by atoms with Crippen molar-refractivity contribution in [3.8, 4) is 0 Å². The lowest BCUT2D eigenvalue weighted by Gasteiger charge is -2.56. The molecule has 0 unspecified atom stereocenters. The van der Waals surface area contributed by atoms with Gasteiger partial charge in [-0.05, 0) is 18.9 Å². The molecule has 7 heteroatoms. The van der Waals surface area contributed by atoms with Gasteiger partial charge in [-0.2, -0.15) is 0 Å². The third kappa shape index (κ3) is 2.52. The van der Waals surface area contributed by atoms with Gasteiger partial charge in [0, 0.05) is 38.1 Å². The van der Waals surface area contributed by atoms with Crippen molar-refractivity contribution in [3.05, 3.63) is 35.1 Å². The first-order chi connectivity index (χ1) is 10.9. The summed E-state index contributed by atoms with van der Waals surface area (Å²) in [6.45, 7) is 0.627. The number of amides is 1. The lowest BCUT2D eigenvalue weighted by molar-refractivity contribution is -0.199. The molecule has 3 rings (SSSR count). The van der Waals surface area contributed by atoms with Crippen molar-refractivity contribution in [1.29, 1.82) is 0 Å². The summed E-state index contributed by atoms with van der Waals surface area (Å²) in [6, 6.07) is 0.970. The molecular weight excluding hydrogens is 311 g/mol. The Morgan fingerprint density at radius 1 is 1.22 bits per heavy atom. The normalized spacial score (nSPS) is 26.2. The van der Waals surface area contributed by atoms with E-state index in [1.807, 2.05) is 0 Å². The van der Waals surface area contributed by atoms with Gasteiger partial charge in [-0.1, -0.05) is 0 Å². The molecule has 0 radical (unpaired) electrons. The highest BCUT2D eigenvalue weighted by Gasteiger charge is 2.56. The summed E-state index contributed by atoms with van der Waals surface area (Å²) in [7, 11) is 1.59. The van der Waals surface area contributed by atoms with Gasteiger partial charge in [0.05, 0.1) is 17.8 Å². The molecular formula is C16H18F3NO3. The predicted molar refractivity (Wildman–Crippen MR) is 75.3 cm³/mol. The van der Waals surface area contributed by atoms with E-state index in [0.717, 1.165) is 0 Å². The van der Waals surface area contributed by atoms with Crippen LogP contribution in [0.25, 0.3) is 0 Å². The highest BCUT2D eigenvalue weighted by Crippen LogP contribution is 2.50. The van der Waals surface area contributed by atoms with Crippen LogP contribution >= 0.6 is 0 Å². The third-order valence-electron chi connectivity index (χ3n) is 5.25. The van der Waals surface area contributed by atoms with Gasteiger partial charge in [0.2, 0.25) is 0 Å². The Balaban J connectivity index is 1.73. The van der Waals surface area contributed by atoms with Crippen LogP contribution in [0.15, 0.2) is 12.1 Å². The number of rotatable bonds is 2. The summed E-state index contributed by atoms with van der Waals surface area (Å²) >= 11 is 0. The molecule has 1 aromatic rings. The Kier molecular flexibility index (Phi) is 4.10. The van der Waals surface area contributed by atoms with E-state index < -0.39 is 35.0 Å². The Morgan fingerprint density at radius 3 is 2.39 bits per heavy atom. The van der Waals surface area contributed by atoms with Crippen molar-refractivity contribution in [2.45, 2.75) is 31.5 Å². The van der Waals surface area contributed by atoms with Gasteiger partial charge in [-0.3, -0.25) is 4.79 Å². The van der Waals surface area contributed by atoms with E-state index in [4.69, 9.17) is 4.74 Å². The maximum atomic E-state index is 13.7. The van der Waals surface area contributed by atoms with E-state index in [-0.39, 0.29) is 11.5 Å². The second kappa shape index (κ2) is 5.79. The van der Waals surface area contributed by atoms with Crippen LogP contribution in [0, 0.1) is 22.9 Å². The Labute approximate surface area is 131 Å². The molecule has 1 N–H and O–H groups in total. The number of halogens is 3. The van der Waals surface area contributed by atoms with Crippen LogP contribution in [0.4, 0.5) is 13.2 Å². The zero-order valence-corrected chi connectivity index (χ0v) is 12.7. The van der Waals surface area contributed by atoms with E-state index in [9.17, 15) is 23.1 Å². The summed E-state index contributed by atoms with van der Waals surface area (Å²) in [5, 5.41) is 10.0. The quantitative estimate of drug-likeness (QED) is 0.846. The van der Waals surface area contributed by atoms with Crippen LogP contribution in [0.3, 0.4) is 0 Å². The zero-order valence-electron chi connectivity index (χ0n) is 12.7. The standard InChI is InChI=1S/C16H18F3NO3/c1-23-14-8-13(21)16(14)2-4-20(5-3-16)15(22)9-6-11(18)12(19)7-10(9)17/h6-7,13-14,21H,2-5,8H2,1H3/t13-,14+/m0/s1. The molecule has 1 saturated heterocycles. The summed E-state index contributed by atoms with van der Waals surface area (Å²) < 4.78 is 45.3. The highest BCUT2D eigenvalue weighted by molar-refractivity contribution is 5.94. The number of aliphatic hydroxyl groups is 1.